The summed E-state index contributed by atoms with van der Waals surface area (Å²) in [5.41, 5.74) is 3.56. The number of carbonyl (C=O) groups excluding carboxylic acids is 2. The summed E-state index contributed by atoms with van der Waals surface area (Å²) in [5.74, 6) is -0.246. The second-order valence-electron chi connectivity index (χ2n) is 6.75. The summed E-state index contributed by atoms with van der Waals surface area (Å²) in [6.07, 6.45) is 3.83. The highest BCUT2D eigenvalue weighted by atomic mass is 16.2. The number of benzene rings is 2. The minimum atomic E-state index is -0.123. The highest BCUT2D eigenvalue weighted by Gasteiger charge is 2.10. The fraction of sp³-hybridized carbons (Fsp3) is 0.333. The van der Waals surface area contributed by atoms with Gasteiger partial charge < -0.3 is 20.9 Å². The fourth-order valence-corrected chi connectivity index (χ4v) is 3.17. The minimum Gasteiger partial charge on any atom is -0.376 e. The maximum atomic E-state index is 12.1. The molecule has 2 aromatic rings. The standard InChI is InChI=1S/C21H26N4O2/c1-16(26)23-18-5-7-19(8-6-18)24-21(27)15-22-17-9-11-20(12-10-17)25-13-3-2-4-14-25/h5-12,22H,2-4,13-15H2,1H3,(H,23,26)(H,24,27). The first-order valence-electron chi connectivity index (χ1n) is 9.36. The molecule has 142 valence electrons. The molecule has 1 saturated heterocycles. The van der Waals surface area contributed by atoms with E-state index in [0.29, 0.717) is 11.4 Å². The van der Waals surface area contributed by atoms with Crippen LogP contribution in [-0.2, 0) is 9.59 Å². The molecule has 1 aliphatic rings. The number of anilines is 4. The van der Waals surface area contributed by atoms with Gasteiger partial charge in [0.2, 0.25) is 11.8 Å². The van der Waals surface area contributed by atoms with Gasteiger partial charge in [-0.3, -0.25) is 9.59 Å². The Labute approximate surface area is 159 Å². The number of hydrogen-bond donors (Lipinski definition) is 3. The third-order valence-electron chi connectivity index (χ3n) is 4.53. The largest absolute Gasteiger partial charge is 0.376 e. The van der Waals surface area contributed by atoms with E-state index in [0.717, 1.165) is 18.8 Å². The molecule has 0 aliphatic carbocycles. The summed E-state index contributed by atoms with van der Waals surface area (Å²) in [6, 6.07) is 15.3. The van der Waals surface area contributed by atoms with Crippen LogP contribution in [0.5, 0.6) is 0 Å². The summed E-state index contributed by atoms with van der Waals surface area (Å²) in [7, 11) is 0. The molecule has 0 spiro atoms. The summed E-state index contributed by atoms with van der Waals surface area (Å²) < 4.78 is 0. The van der Waals surface area contributed by atoms with Crippen molar-refractivity contribution in [3.8, 4) is 0 Å². The molecule has 27 heavy (non-hydrogen) atoms. The molecule has 0 saturated carbocycles. The number of hydrogen-bond acceptors (Lipinski definition) is 4. The fourth-order valence-electron chi connectivity index (χ4n) is 3.17. The highest BCUT2D eigenvalue weighted by molar-refractivity contribution is 5.94. The van der Waals surface area contributed by atoms with Gasteiger partial charge >= 0.3 is 0 Å². The van der Waals surface area contributed by atoms with E-state index >= 15 is 0 Å². The molecule has 6 nitrogen and oxygen atoms in total. The normalized spacial score (nSPS) is 13.7. The van der Waals surface area contributed by atoms with Crippen molar-refractivity contribution < 1.29 is 9.59 Å². The average molecular weight is 366 g/mol. The van der Waals surface area contributed by atoms with Crippen LogP contribution in [-0.4, -0.2) is 31.4 Å². The van der Waals surface area contributed by atoms with Gasteiger partial charge in [-0.25, -0.2) is 0 Å². The predicted octanol–water partition coefficient (Wildman–Crippen LogP) is 3.69. The zero-order valence-electron chi connectivity index (χ0n) is 15.6. The van der Waals surface area contributed by atoms with Crippen molar-refractivity contribution in [2.45, 2.75) is 26.2 Å². The van der Waals surface area contributed by atoms with Crippen molar-refractivity contribution >= 4 is 34.6 Å². The molecule has 0 unspecified atom stereocenters. The minimum absolute atomic E-state index is 0.123. The van der Waals surface area contributed by atoms with Crippen LogP contribution >= 0.6 is 0 Å². The van der Waals surface area contributed by atoms with Crippen LogP contribution in [0.1, 0.15) is 26.2 Å². The third kappa shape index (κ3) is 5.74. The quantitative estimate of drug-likeness (QED) is 0.729. The maximum absolute atomic E-state index is 12.1. The van der Waals surface area contributed by atoms with E-state index in [9.17, 15) is 9.59 Å². The molecule has 1 fully saturated rings. The van der Waals surface area contributed by atoms with Gasteiger partial charge in [-0.05, 0) is 67.8 Å². The molecule has 2 aromatic carbocycles. The lowest BCUT2D eigenvalue weighted by Crippen LogP contribution is -2.29. The second-order valence-corrected chi connectivity index (χ2v) is 6.75. The van der Waals surface area contributed by atoms with E-state index in [1.54, 1.807) is 24.3 Å². The zero-order chi connectivity index (χ0) is 19.1. The third-order valence-corrected chi connectivity index (χ3v) is 4.53. The van der Waals surface area contributed by atoms with Gasteiger partial charge in [0.15, 0.2) is 0 Å². The summed E-state index contributed by atoms with van der Waals surface area (Å²) >= 11 is 0. The molecule has 3 N–H and O–H groups in total. The van der Waals surface area contributed by atoms with Crippen LogP contribution in [0.3, 0.4) is 0 Å². The number of carbonyl (C=O) groups is 2. The van der Waals surface area contributed by atoms with E-state index < -0.39 is 0 Å². The smallest absolute Gasteiger partial charge is 0.243 e. The van der Waals surface area contributed by atoms with Gasteiger partial charge in [-0.15, -0.1) is 0 Å². The Bertz CT molecular complexity index is 766. The summed E-state index contributed by atoms with van der Waals surface area (Å²) in [4.78, 5) is 25.5. The van der Waals surface area contributed by atoms with Gasteiger partial charge in [0.05, 0.1) is 6.54 Å². The first-order valence-corrected chi connectivity index (χ1v) is 9.36. The topological polar surface area (TPSA) is 73.5 Å². The molecule has 0 atom stereocenters. The van der Waals surface area contributed by atoms with Crippen LogP contribution < -0.4 is 20.9 Å². The van der Waals surface area contributed by atoms with Crippen molar-refractivity contribution in [2.75, 3.05) is 40.5 Å². The Morgan fingerprint density at radius 1 is 0.815 bits per heavy atom. The van der Waals surface area contributed by atoms with E-state index in [-0.39, 0.29) is 18.4 Å². The lowest BCUT2D eigenvalue weighted by molar-refractivity contribution is -0.115. The zero-order valence-corrected chi connectivity index (χ0v) is 15.6. The first kappa shape index (κ1) is 18.8. The number of nitrogens with zero attached hydrogens (tertiary/aromatic N) is 1. The molecule has 1 aliphatic heterocycles. The number of amides is 2. The Balaban J connectivity index is 1.46. The summed E-state index contributed by atoms with van der Waals surface area (Å²) in [6.45, 7) is 3.89. The molecule has 3 rings (SSSR count). The van der Waals surface area contributed by atoms with Gasteiger partial charge in [0.1, 0.15) is 0 Å². The average Bonchev–Trinajstić information content (AvgIpc) is 2.69. The van der Waals surface area contributed by atoms with Crippen molar-refractivity contribution in [1.82, 2.24) is 0 Å². The second kappa shape index (κ2) is 9.07. The van der Waals surface area contributed by atoms with E-state index in [2.05, 4.69) is 33.0 Å². The van der Waals surface area contributed by atoms with Crippen molar-refractivity contribution in [1.29, 1.82) is 0 Å². The van der Waals surface area contributed by atoms with Crippen LogP contribution in [0, 0.1) is 0 Å². The first-order chi connectivity index (χ1) is 13.1. The molecule has 0 bridgehead atoms. The Kier molecular flexibility index (Phi) is 6.30. The molecular formula is C21H26N4O2. The number of piperidine rings is 1. The predicted molar refractivity (Wildman–Crippen MR) is 110 cm³/mol. The Morgan fingerprint density at radius 2 is 1.37 bits per heavy atom. The lowest BCUT2D eigenvalue weighted by Gasteiger charge is -2.28. The van der Waals surface area contributed by atoms with Crippen molar-refractivity contribution in [3.05, 3.63) is 48.5 Å². The molecular weight excluding hydrogens is 340 g/mol. The van der Waals surface area contributed by atoms with Crippen LogP contribution in [0.15, 0.2) is 48.5 Å². The maximum Gasteiger partial charge on any atom is 0.243 e. The molecule has 0 aromatic heterocycles. The van der Waals surface area contributed by atoms with Gasteiger partial charge in [-0.1, -0.05) is 0 Å². The Morgan fingerprint density at radius 3 is 1.96 bits per heavy atom. The Hall–Kier alpha value is -3.02. The highest BCUT2D eigenvalue weighted by Crippen LogP contribution is 2.21. The molecule has 2 amide bonds. The van der Waals surface area contributed by atoms with E-state index in [4.69, 9.17) is 0 Å². The number of nitrogens with one attached hydrogen (secondary N) is 3. The molecule has 6 heteroatoms. The van der Waals surface area contributed by atoms with Gasteiger partial charge in [0.25, 0.3) is 0 Å². The number of rotatable bonds is 6. The summed E-state index contributed by atoms with van der Waals surface area (Å²) in [5, 5.41) is 8.67. The van der Waals surface area contributed by atoms with Gasteiger partial charge in [0, 0.05) is 42.8 Å². The van der Waals surface area contributed by atoms with Crippen LogP contribution in [0.25, 0.3) is 0 Å². The van der Waals surface area contributed by atoms with Crippen LogP contribution in [0.4, 0.5) is 22.7 Å². The molecule has 0 radical (unpaired) electrons. The van der Waals surface area contributed by atoms with E-state index in [1.165, 1.54) is 31.9 Å². The van der Waals surface area contributed by atoms with E-state index in [1.807, 2.05) is 12.1 Å². The van der Waals surface area contributed by atoms with Crippen LogP contribution in [0.2, 0.25) is 0 Å². The SMILES string of the molecule is CC(=O)Nc1ccc(NC(=O)CNc2ccc(N3CCCCC3)cc2)cc1. The monoisotopic (exact) mass is 366 g/mol. The van der Waals surface area contributed by atoms with Gasteiger partial charge in [-0.2, -0.15) is 0 Å². The molecule has 1 heterocycles. The van der Waals surface area contributed by atoms with Crippen molar-refractivity contribution in [3.63, 3.8) is 0 Å². The lowest BCUT2D eigenvalue weighted by atomic mass is 10.1. The van der Waals surface area contributed by atoms with Crippen molar-refractivity contribution in [2.24, 2.45) is 0 Å².